The summed E-state index contributed by atoms with van der Waals surface area (Å²) < 4.78 is 19.4. The standard InChI is InChI=1S/C18H18ClFN2O2.ClH/c19-13-6-2-1-5-12(13)15(21)11-17(23)22-9-4-10-24-18-14(20)7-3-8-16(18)22;/h1-3,5-8,15H,4,9-11,21H2;1H. The van der Waals surface area contributed by atoms with E-state index in [0.29, 0.717) is 30.3 Å². The Bertz CT molecular complexity index is 758. The number of fused-ring (bicyclic) bond motifs is 1. The summed E-state index contributed by atoms with van der Waals surface area (Å²) in [5.41, 5.74) is 7.32. The van der Waals surface area contributed by atoms with Gasteiger partial charge in [0.15, 0.2) is 11.6 Å². The second-order valence-corrected chi connectivity index (χ2v) is 6.07. The van der Waals surface area contributed by atoms with Gasteiger partial charge in [-0.3, -0.25) is 4.79 Å². The van der Waals surface area contributed by atoms with Crippen LogP contribution in [0, 0.1) is 5.82 Å². The summed E-state index contributed by atoms with van der Waals surface area (Å²) in [5, 5.41) is 0.531. The number of rotatable bonds is 3. The maximum Gasteiger partial charge on any atom is 0.229 e. The van der Waals surface area contributed by atoms with Crippen LogP contribution in [-0.2, 0) is 4.79 Å². The van der Waals surface area contributed by atoms with Gasteiger partial charge in [0, 0.05) is 24.0 Å². The fourth-order valence-corrected chi connectivity index (χ4v) is 3.09. The van der Waals surface area contributed by atoms with Gasteiger partial charge < -0.3 is 15.4 Å². The second-order valence-electron chi connectivity index (χ2n) is 5.67. The Morgan fingerprint density at radius 3 is 2.80 bits per heavy atom. The molecule has 2 aromatic carbocycles. The van der Waals surface area contributed by atoms with Crippen LogP contribution >= 0.6 is 24.0 Å². The van der Waals surface area contributed by atoms with Crippen molar-refractivity contribution in [3.8, 4) is 5.75 Å². The van der Waals surface area contributed by atoms with E-state index in [-0.39, 0.29) is 30.5 Å². The van der Waals surface area contributed by atoms with E-state index in [1.807, 2.05) is 12.1 Å². The van der Waals surface area contributed by atoms with Crippen molar-refractivity contribution in [3.63, 3.8) is 0 Å². The van der Waals surface area contributed by atoms with Crippen LogP contribution in [-0.4, -0.2) is 19.1 Å². The Labute approximate surface area is 157 Å². The highest BCUT2D eigenvalue weighted by atomic mass is 35.5. The van der Waals surface area contributed by atoms with Crippen LogP contribution in [0.4, 0.5) is 10.1 Å². The van der Waals surface area contributed by atoms with E-state index in [9.17, 15) is 9.18 Å². The van der Waals surface area contributed by atoms with E-state index >= 15 is 0 Å². The quantitative estimate of drug-likeness (QED) is 0.865. The molecule has 0 radical (unpaired) electrons. The molecule has 2 aromatic rings. The average Bonchev–Trinajstić information content (AvgIpc) is 2.78. The first-order chi connectivity index (χ1) is 11.6. The normalized spacial score (nSPS) is 14.6. The first-order valence-corrected chi connectivity index (χ1v) is 8.17. The van der Waals surface area contributed by atoms with E-state index in [1.165, 1.54) is 6.07 Å². The number of para-hydroxylation sites is 1. The monoisotopic (exact) mass is 384 g/mol. The number of hydrogen-bond donors (Lipinski definition) is 1. The molecule has 7 heteroatoms. The molecule has 0 saturated carbocycles. The number of nitrogens with two attached hydrogens (primary N) is 1. The molecule has 1 amide bonds. The van der Waals surface area contributed by atoms with Crippen LogP contribution in [0.3, 0.4) is 0 Å². The summed E-state index contributed by atoms with van der Waals surface area (Å²) in [6.07, 6.45) is 0.709. The molecule has 1 heterocycles. The number of benzene rings is 2. The molecular weight excluding hydrogens is 366 g/mol. The van der Waals surface area contributed by atoms with E-state index in [4.69, 9.17) is 22.1 Å². The second kappa shape index (κ2) is 8.52. The molecule has 25 heavy (non-hydrogen) atoms. The number of nitrogens with zero attached hydrogens (tertiary/aromatic N) is 1. The van der Waals surface area contributed by atoms with Crippen molar-refractivity contribution in [2.45, 2.75) is 18.9 Å². The maximum atomic E-state index is 14.0. The van der Waals surface area contributed by atoms with E-state index in [2.05, 4.69) is 0 Å². The van der Waals surface area contributed by atoms with Crippen LogP contribution in [0.2, 0.25) is 5.02 Å². The molecule has 0 spiro atoms. The molecule has 1 aliphatic heterocycles. The Kier molecular flexibility index (Phi) is 6.64. The van der Waals surface area contributed by atoms with Gasteiger partial charge in [-0.05, 0) is 30.2 Å². The van der Waals surface area contributed by atoms with Gasteiger partial charge in [0.1, 0.15) is 0 Å². The van der Waals surface area contributed by atoms with Crippen molar-refractivity contribution >= 4 is 35.6 Å². The van der Waals surface area contributed by atoms with Crippen LogP contribution in [0.15, 0.2) is 42.5 Å². The molecule has 3 rings (SSSR count). The predicted molar refractivity (Wildman–Crippen MR) is 99.1 cm³/mol. The third kappa shape index (κ3) is 4.24. The lowest BCUT2D eigenvalue weighted by atomic mass is 10.0. The highest BCUT2D eigenvalue weighted by Crippen LogP contribution is 2.34. The zero-order chi connectivity index (χ0) is 17.1. The van der Waals surface area contributed by atoms with Crippen molar-refractivity contribution in [2.24, 2.45) is 5.73 Å². The van der Waals surface area contributed by atoms with Crippen LogP contribution in [0.25, 0.3) is 0 Å². The lowest BCUT2D eigenvalue weighted by Crippen LogP contribution is -2.34. The largest absolute Gasteiger partial charge is 0.488 e. The predicted octanol–water partition coefficient (Wildman–Crippen LogP) is 4.11. The molecule has 1 atom stereocenters. The highest BCUT2D eigenvalue weighted by Gasteiger charge is 2.26. The number of halogens is 3. The van der Waals surface area contributed by atoms with Crippen molar-refractivity contribution in [3.05, 3.63) is 58.9 Å². The number of amides is 1. The molecule has 2 N–H and O–H groups in total. The average molecular weight is 385 g/mol. The molecule has 134 valence electrons. The van der Waals surface area contributed by atoms with Gasteiger partial charge in [0.2, 0.25) is 5.91 Å². The van der Waals surface area contributed by atoms with Gasteiger partial charge in [-0.1, -0.05) is 35.9 Å². The Balaban J connectivity index is 0.00000225. The van der Waals surface area contributed by atoms with Gasteiger partial charge in [0.25, 0.3) is 0 Å². The molecule has 0 fully saturated rings. The van der Waals surface area contributed by atoms with Crippen LogP contribution in [0.5, 0.6) is 5.75 Å². The molecule has 1 aliphatic rings. The van der Waals surface area contributed by atoms with Gasteiger partial charge >= 0.3 is 0 Å². The Morgan fingerprint density at radius 2 is 2.04 bits per heavy atom. The molecule has 1 unspecified atom stereocenters. The van der Waals surface area contributed by atoms with Gasteiger partial charge in [0.05, 0.1) is 12.3 Å². The first-order valence-electron chi connectivity index (χ1n) is 7.79. The molecule has 0 aliphatic carbocycles. The molecule has 0 saturated heterocycles. The topological polar surface area (TPSA) is 55.6 Å². The lowest BCUT2D eigenvalue weighted by molar-refractivity contribution is -0.119. The summed E-state index contributed by atoms with van der Waals surface area (Å²) in [6.45, 7) is 0.832. The number of carbonyl (C=O) groups is 1. The van der Waals surface area contributed by atoms with E-state index < -0.39 is 11.9 Å². The smallest absolute Gasteiger partial charge is 0.229 e. The zero-order valence-electron chi connectivity index (χ0n) is 13.5. The van der Waals surface area contributed by atoms with Crippen molar-refractivity contribution in [2.75, 3.05) is 18.1 Å². The Morgan fingerprint density at radius 1 is 1.28 bits per heavy atom. The fraction of sp³-hybridized carbons (Fsp3) is 0.278. The zero-order valence-corrected chi connectivity index (χ0v) is 15.0. The summed E-state index contributed by atoms with van der Waals surface area (Å²) in [5.74, 6) is -0.531. The van der Waals surface area contributed by atoms with E-state index in [1.54, 1.807) is 29.2 Å². The van der Waals surface area contributed by atoms with Crippen molar-refractivity contribution in [1.29, 1.82) is 0 Å². The minimum Gasteiger partial charge on any atom is -0.488 e. The summed E-state index contributed by atoms with van der Waals surface area (Å²) in [7, 11) is 0. The molecule has 0 aromatic heterocycles. The van der Waals surface area contributed by atoms with Crippen LogP contribution in [0.1, 0.15) is 24.4 Å². The third-order valence-electron chi connectivity index (χ3n) is 4.01. The molecule has 0 bridgehead atoms. The summed E-state index contributed by atoms with van der Waals surface area (Å²) >= 11 is 6.14. The maximum absolute atomic E-state index is 14.0. The first kappa shape index (κ1) is 19.5. The highest BCUT2D eigenvalue weighted by molar-refractivity contribution is 6.31. The minimum atomic E-state index is -0.521. The Hall–Kier alpha value is -1.82. The number of hydrogen-bond acceptors (Lipinski definition) is 3. The third-order valence-corrected chi connectivity index (χ3v) is 4.35. The summed E-state index contributed by atoms with van der Waals surface area (Å²) in [4.78, 5) is 14.3. The number of anilines is 1. The fourth-order valence-electron chi connectivity index (χ4n) is 2.81. The number of ether oxygens (including phenoxy) is 1. The summed E-state index contributed by atoms with van der Waals surface area (Å²) in [6, 6.07) is 11.2. The van der Waals surface area contributed by atoms with Gasteiger partial charge in [-0.2, -0.15) is 0 Å². The number of carbonyl (C=O) groups excluding carboxylic acids is 1. The van der Waals surface area contributed by atoms with E-state index in [0.717, 1.165) is 5.56 Å². The SMILES string of the molecule is Cl.NC(CC(=O)N1CCCOc2c(F)cccc21)c1ccccc1Cl. The molecular formula is C18H19Cl2FN2O2. The molecule has 4 nitrogen and oxygen atoms in total. The van der Waals surface area contributed by atoms with Crippen molar-refractivity contribution in [1.82, 2.24) is 0 Å². The van der Waals surface area contributed by atoms with Gasteiger partial charge in [-0.15, -0.1) is 12.4 Å². The minimum absolute atomic E-state index is 0. The van der Waals surface area contributed by atoms with Gasteiger partial charge in [-0.25, -0.2) is 4.39 Å². The van der Waals surface area contributed by atoms with Crippen molar-refractivity contribution < 1.29 is 13.9 Å². The lowest BCUT2D eigenvalue weighted by Gasteiger charge is -2.24. The van der Waals surface area contributed by atoms with Crippen LogP contribution < -0.4 is 15.4 Å².